The molecule has 1 aromatic heterocycles. The summed E-state index contributed by atoms with van der Waals surface area (Å²) >= 11 is 0. The summed E-state index contributed by atoms with van der Waals surface area (Å²) in [7, 11) is 0. The van der Waals surface area contributed by atoms with Gasteiger partial charge in [-0.2, -0.15) is 0 Å². The van der Waals surface area contributed by atoms with Gasteiger partial charge in [-0.1, -0.05) is 50.2 Å². The standard InChI is InChI=1S/C24H26N4O2/c1-15(2)20-13-21(27-24(25)26-20)23(30)28-11-5-8-19(14-28)22(29)18-10-9-16-6-3-4-7-17(16)12-18/h3-4,6-7,9-10,12-13,15,19H,5,8,11,14H2,1-2H3,(H2,25,26,27)/t19-/m1/s1. The molecule has 0 spiro atoms. The van der Waals surface area contributed by atoms with Crippen molar-refractivity contribution >= 4 is 28.4 Å². The summed E-state index contributed by atoms with van der Waals surface area (Å²) in [6.45, 7) is 5.00. The van der Waals surface area contributed by atoms with E-state index >= 15 is 0 Å². The lowest BCUT2D eigenvalue weighted by Crippen LogP contribution is -2.42. The van der Waals surface area contributed by atoms with E-state index < -0.39 is 0 Å². The predicted molar refractivity (Wildman–Crippen MR) is 117 cm³/mol. The lowest BCUT2D eigenvalue weighted by molar-refractivity contribution is 0.0632. The number of amides is 1. The Morgan fingerprint density at radius 2 is 1.83 bits per heavy atom. The average Bonchev–Trinajstić information content (AvgIpc) is 2.77. The van der Waals surface area contributed by atoms with Crippen LogP contribution < -0.4 is 5.73 Å². The number of nitrogen functional groups attached to an aromatic ring is 1. The van der Waals surface area contributed by atoms with Crippen molar-refractivity contribution in [2.45, 2.75) is 32.6 Å². The van der Waals surface area contributed by atoms with E-state index in [1.165, 1.54) is 0 Å². The zero-order chi connectivity index (χ0) is 21.3. The molecule has 2 heterocycles. The number of benzene rings is 2. The van der Waals surface area contributed by atoms with Crippen LogP contribution in [0.25, 0.3) is 10.8 Å². The van der Waals surface area contributed by atoms with Crippen LogP contribution in [0, 0.1) is 5.92 Å². The van der Waals surface area contributed by atoms with Gasteiger partial charge in [0.1, 0.15) is 5.69 Å². The van der Waals surface area contributed by atoms with Crippen molar-refractivity contribution in [3.63, 3.8) is 0 Å². The van der Waals surface area contributed by atoms with Crippen LogP contribution in [0.5, 0.6) is 0 Å². The summed E-state index contributed by atoms with van der Waals surface area (Å²) in [4.78, 5) is 36.3. The third-order valence-corrected chi connectivity index (χ3v) is 5.69. The number of carbonyl (C=O) groups is 2. The van der Waals surface area contributed by atoms with E-state index in [9.17, 15) is 9.59 Å². The summed E-state index contributed by atoms with van der Waals surface area (Å²) in [5.74, 6) is -0.0752. The molecule has 6 heteroatoms. The number of ketones is 1. The SMILES string of the molecule is CC(C)c1cc(C(=O)N2CCC[C@@H](C(=O)c3ccc4ccccc4c3)C2)nc(N)n1. The number of hydrogen-bond acceptors (Lipinski definition) is 5. The Morgan fingerprint density at radius 3 is 2.60 bits per heavy atom. The fourth-order valence-corrected chi connectivity index (χ4v) is 4.01. The van der Waals surface area contributed by atoms with E-state index in [0.717, 1.165) is 29.3 Å². The minimum atomic E-state index is -0.215. The van der Waals surface area contributed by atoms with E-state index in [2.05, 4.69) is 9.97 Å². The molecular weight excluding hydrogens is 376 g/mol. The highest BCUT2D eigenvalue weighted by Gasteiger charge is 2.30. The summed E-state index contributed by atoms with van der Waals surface area (Å²) in [6.07, 6.45) is 1.56. The smallest absolute Gasteiger partial charge is 0.272 e. The molecular formula is C24H26N4O2. The number of rotatable bonds is 4. The number of aromatic nitrogens is 2. The molecule has 0 aliphatic carbocycles. The van der Waals surface area contributed by atoms with E-state index in [1.807, 2.05) is 56.3 Å². The van der Waals surface area contributed by atoms with Crippen LogP contribution in [0.3, 0.4) is 0 Å². The maximum atomic E-state index is 13.2. The number of hydrogen-bond donors (Lipinski definition) is 1. The third-order valence-electron chi connectivity index (χ3n) is 5.69. The normalized spacial score (nSPS) is 16.8. The summed E-state index contributed by atoms with van der Waals surface area (Å²) in [5, 5.41) is 2.15. The quantitative estimate of drug-likeness (QED) is 0.665. The molecule has 1 amide bonds. The molecule has 30 heavy (non-hydrogen) atoms. The van der Waals surface area contributed by atoms with Crippen molar-refractivity contribution in [3.8, 4) is 0 Å². The van der Waals surface area contributed by atoms with E-state index in [1.54, 1.807) is 11.0 Å². The highest BCUT2D eigenvalue weighted by atomic mass is 16.2. The second-order valence-electron chi connectivity index (χ2n) is 8.21. The molecule has 1 atom stereocenters. The lowest BCUT2D eigenvalue weighted by Gasteiger charge is -2.32. The molecule has 0 radical (unpaired) electrons. The number of fused-ring (bicyclic) bond motifs is 1. The van der Waals surface area contributed by atoms with Crippen LogP contribution in [0.1, 0.15) is 59.1 Å². The molecule has 0 bridgehead atoms. The second kappa shape index (κ2) is 8.22. The summed E-state index contributed by atoms with van der Waals surface area (Å²) in [6, 6.07) is 15.5. The van der Waals surface area contributed by atoms with E-state index in [4.69, 9.17) is 5.73 Å². The van der Waals surface area contributed by atoms with Gasteiger partial charge >= 0.3 is 0 Å². The number of Topliss-reactive ketones (excluding diaryl/α,β-unsaturated/α-hetero) is 1. The zero-order valence-electron chi connectivity index (χ0n) is 17.3. The molecule has 4 rings (SSSR count). The monoisotopic (exact) mass is 402 g/mol. The first-order valence-electron chi connectivity index (χ1n) is 10.4. The minimum Gasteiger partial charge on any atom is -0.368 e. The molecule has 1 aliphatic heterocycles. The summed E-state index contributed by atoms with van der Waals surface area (Å²) in [5.41, 5.74) is 7.55. The number of likely N-dealkylation sites (tertiary alicyclic amines) is 1. The maximum Gasteiger partial charge on any atom is 0.272 e. The number of nitrogens with two attached hydrogens (primary N) is 1. The maximum absolute atomic E-state index is 13.2. The lowest BCUT2D eigenvalue weighted by atomic mass is 9.89. The van der Waals surface area contributed by atoms with Gasteiger partial charge in [-0.3, -0.25) is 9.59 Å². The Labute approximate surface area is 176 Å². The Hall–Kier alpha value is -3.28. The van der Waals surface area contributed by atoms with Gasteiger partial charge in [-0.25, -0.2) is 9.97 Å². The molecule has 154 valence electrons. The highest BCUT2D eigenvalue weighted by Crippen LogP contribution is 2.25. The van der Waals surface area contributed by atoms with Gasteiger partial charge in [-0.05, 0) is 41.7 Å². The highest BCUT2D eigenvalue weighted by molar-refractivity contribution is 6.02. The van der Waals surface area contributed by atoms with Gasteiger partial charge in [-0.15, -0.1) is 0 Å². The van der Waals surface area contributed by atoms with Gasteiger partial charge < -0.3 is 10.6 Å². The molecule has 2 aromatic carbocycles. The van der Waals surface area contributed by atoms with E-state index in [0.29, 0.717) is 24.3 Å². The summed E-state index contributed by atoms with van der Waals surface area (Å²) < 4.78 is 0. The first kappa shape index (κ1) is 20.0. The van der Waals surface area contributed by atoms with Crippen molar-refractivity contribution in [1.29, 1.82) is 0 Å². The minimum absolute atomic E-state index is 0.0864. The van der Waals surface area contributed by atoms with Gasteiger partial charge in [0, 0.05) is 30.3 Å². The Kier molecular flexibility index (Phi) is 5.48. The predicted octanol–water partition coefficient (Wildman–Crippen LogP) is 4.07. The Bertz CT molecular complexity index is 1110. The van der Waals surface area contributed by atoms with Gasteiger partial charge in [0.25, 0.3) is 5.91 Å². The van der Waals surface area contributed by atoms with Gasteiger partial charge in [0.15, 0.2) is 5.78 Å². The fourth-order valence-electron chi connectivity index (χ4n) is 4.01. The van der Waals surface area contributed by atoms with Crippen molar-refractivity contribution in [2.24, 2.45) is 5.92 Å². The van der Waals surface area contributed by atoms with E-state index in [-0.39, 0.29) is 29.5 Å². The Balaban J connectivity index is 1.53. The average molecular weight is 402 g/mol. The van der Waals surface area contributed by atoms with Gasteiger partial charge in [0.2, 0.25) is 5.95 Å². The van der Waals surface area contributed by atoms with Crippen LogP contribution in [-0.2, 0) is 0 Å². The van der Waals surface area contributed by atoms with Crippen molar-refractivity contribution in [2.75, 3.05) is 18.8 Å². The first-order valence-corrected chi connectivity index (χ1v) is 10.4. The second-order valence-corrected chi connectivity index (χ2v) is 8.21. The van der Waals surface area contributed by atoms with Crippen molar-refractivity contribution in [3.05, 3.63) is 65.5 Å². The van der Waals surface area contributed by atoms with Crippen LogP contribution in [0.4, 0.5) is 5.95 Å². The molecule has 3 aromatic rings. The number of carbonyl (C=O) groups excluding carboxylic acids is 2. The zero-order valence-corrected chi connectivity index (χ0v) is 17.3. The Morgan fingerprint density at radius 1 is 1.07 bits per heavy atom. The molecule has 0 saturated carbocycles. The molecule has 6 nitrogen and oxygen atoms in total. The number of nitrogens with zero attached hydrogens (tertiary/aromatic N) is 3. The number of piperidine rings is 1. The third kappa shape index (κ3) is 4.03. The first-order chi connectivity index (χ1) is 14.4. The topological polar surface area (TPSA) is 89.2 Å². The largest absolute Gasteiger partial charge is 0.368 e. The molecule has 1 aliphatic rings. The molecule has 0 unspecified atom stereocenters. The van der Waals surface area contributed by atoms with Gasteiger partial charge in [0.05, 0.1) is 0 Å². The van der Waals surface area contributed by atoms with Crippen LogP contribution in [0.15, 0.2) is 48.5 Å². The molecule has 1 fully saturated rings. The number of anilines is 1. The molecule has 1 saturated heterocycles. The van der Waals surface area contributed by atoms with Crippen LogP contribution >= 0.6 is 0 Å². The fraction of sp³-hybridized carbons (Fsp3) is 0.333. The van der Waals surface area contributed by atoms with Crippen molar-refractivity contribution < 1.29 is 9.59 Å². The van der Waals surface area contributed by atoms with Crippen molar-refractivity contribution in [1.82, 2.24) is 14.9 Å². The van der Waals surface area contributed by atoms with Crippen LogP contribution in [0.2, 0.25) is 0 Å². The molecule has 2 N–H and O–H groups in total. The van der Waals surface area contributed by atoms with Crippen LogP contribution in [-0.4, -0.2) is 39.6 Å².